The maximum atomic E-state index is 13.3. The van der Waals surface area contributed by atoms with Crippen LogP contribution >= 0.6 is 0 Å². The van der Waals surface area contributed by atoms with E-state index in [2.05, 4.69) is 4.74 Å². The number of aliphatic hydroxyl groups is 1. The molecule has 1 aromatic carbocycles. The van der Waals surface area contributed by atoms with E-state index in [-0.39, 0.29) is 4.90 Å². The van der Waals surface area contributed by atoms with Gasteiger partial charge in [-0.05, 0) is 24.6 Å². The van der Waals surface area contributed by atoms with E-state index in [0.29, 0.717) is 5.56 Å². The highest BCUT2D eigenvalue weighted by Gasteiger charge is 2.21. The molecule has 1 atom stereocenters. The minimum Gasteiger partial charge on any atom is -0.467 e. The third kappa shape index (κ3) is 3.98. The zero-order chi connectivity index (χ0) is 14.6. The molecule has 0 aliphatic rings. The number of carbonyl (C=O) groups is 1. The van der Waals surface area contributed by atoms with E-state index in [4.69, 9.17) is 0 Å². The summed E-state index contributed by atoms with van der Waals surface area (Å²) in [6.45, 7) is 0.949. The molecule has 19 heavy (non-hydrogen) atoms. The van der Waals surface area contributed by atoms with Gasteiger partial charge in [-0.1, -0.05) is 6.07 Å². The number of rotatable bonds is 5. The van der Waals surface area contributed by atoms with Gasteiger partial charge in [0.15, 0.2) is 6.10 Å². The number of hydrogen-bond acceptors (Lipinski definition) is 5. The summed E-state index contributed by atoms with van der Waals surface area (Å²) in [6.07, 6.45) is -1.62. The van der Waals surface area contributed by atoms with Crippen LogP contribution in [0.1, 0.15) is 5.56 Å². The second-order valence-corrected chi connectivity index (χ2v) is 5.57. The number of hydrogen-bond donors (Lipinski definition) is 2. The Bertz CT molecular complexity index is 572. The van der Waals surface area contributed by atoms with Gasteiger partial charge in [-0.2, -0.15) is 0 Å². The minimum atomic E-state index is -3.99. The molecular weight excluding hydrogens is 277 g/mol. The first kappa shape index (κ1) is 15.5. The zero-order valence-corrected chi connectivity index (χ0v) is 11.2. The molecule has 0 bridgehead atoms. The molecule has 0 amide bonds. The number of sulfonamides is 1. The summed E-state index contributed by atoms with van der Waals surface area (Å²) in [4.78, 5) is 10.6. The van der Waals surface area contributed by atoms with Gasteiger partial charge in [0.2, 0.25) is 10.0 Å². The predicted molar refractivity (Wildman–Crippen MR) is 64.3 cm³/mol. The zero-order valence-electron chi connectivity index (χ0n) is 10.4. The van der Waals surface area contributed by atoms with Gasteiger partial charge in [0.1, 0.15) is 5.82 Å². The molecular formula is C11H14FNO5S. The number of methoxy groups -OCH3 is 1. The third-order valence-electron chi connectivity index (χ3n) is 2.39. The minimum absolute atomic E-state index is 0.285. The Morgan fingerprint density at radius 1 is 1.53 bits per heavy atom. The van der Waals surface area contributed by atoms with Crippen molar-refractivity contribution in [3.05, 3.63) is 29.6 Å². The molecule has 0 spiro atoms. The van der Waals surface area contributed by atoms with Crippen LogP contribution in [0, 0.1) is 12.7 Å². The molecule has 0 saturated carbocycles. The fraction of sp³-hybridized carbons (Fsp3) is 0.364. The summed E-state index contributed by atoms with van der Waals surface area (Å²) in [7, 11) is -2.93. The Hall–Kier alpha value is -1.51. The fourth-order valence-corrected chi connectivity index (χ4v) is 2.28. The molecule has 6 nitrogen and oxygen atoms in total. The Labute approximate surface area is 110 Å². The number of benzene rings is 1. The molecule has 0 heterocycles. The van der Waals surface area contributed by atoms with Crippen LogP contribution in [-0.4, -0.2) is 39.3 Å². The third-order valence-corrected chi connectivity index (χ3v) is 3.81. The average Bonchev–Trinajstić information content (AvgIpc) is 2.38. The number of nitrogens with one attached hydrogen (secondary N) is 1. The average molecular weight is 291 g/mol. The number of ether oxygens (including phenoxy) is 1. The Balaban J connectivity index is 2.81. The topological polar surface area (TPSA) is 92.7 Å². The monoisotopic (exact) mass is 291 g/mol. The summed E-state index contributed by atoms with van der Waals surface area (Å²) in [5, 5.41) is 9.25. The van der Waals surface area contributed by atoms with Crippen molar-refractivity contribution in [1.82, 2.24) is 4.72 Å². The van der Waals surface area contributed by atoms with Crippen LogP contribution in [0.5, 0.6) is 0 Å². The van der Waals surface area contributed by atoms with Gasteiger partial charge in [0, 0.05) is 6.54 Å². The molecule has 1 aromatic rings. The molecule has 106 valence electrons. The summed E-state index contributed by atoms with van der Waals surface area (Å²) >= 11 is 0. The van der Waals surface area contributed by atoms with E-state index in [9.17, 15) is 22.7 Å². The molecule has 1 rings (SSSR count). The van der Waals surface area contributed by atoms with Crippen molar-refractivity contribution in [2.75, 3.05) is 13.7 Å². The fourth-order valence-electron chi connectivity index (χ4n) is 1.23. The lowest BCUT2D eigenvalue weighted by molar-refractivity contribution is -0.149. The van der Waals surface area contributed by atoms with Crippen molar-refractivity contribution >= 4 is 16.0 Å². The number of halogens is 1. The summed E-state index contributed by atoms with van der Waals surface area (Å²) in [6, 6.07) is 3.41. The maximum Gasteiger partial charge on any atom is 0.336 e. The molecule has 0 radical (unpaired) electrons. The lowest BCUT2D eigenvalue weighted by Gasteiger charge is -2.10. The van der Waals surface area contributed by atoms with Gasteiger partial charge in [-0.15, -0.1) is 0 Å². The molecule has 0 aliphatic heterocycles. The second-order valence-electron chi connectivity index (χ2n) is 3.80. The van der Waals surface area contributed by atoms with Gasteiger partial charge in [-0.3, -0.25) is 0 Å². The largest absolute Gasteiger partial charge is 0.467 e. The van der Waals surface area contributed by atoms with Crippen molar-refractivity contribution in [2.45, 2.75) is 17.9 Å². The van der Waals surface area contributed by atoms with Crippen LogP contribution in [0.3, 0.4) is 0 Å². The van der Waals surface area contributed by atoms with Crippen LogP contribution in [0.25, 0.3) is 0 Å². The lowest BCUT2D eigenvalue weighted by atomic mass is 10.2. The molecule has 0 fully saturated rings. The second kappa shape index (κ2) is 6.09. The molecule has 1 unspecified atom stereocenters. The lowest BCUT2D eigenvalue weighted by Crippen LogP contribution is -2.37. The Morgan fingerprint density at radius 2 is 2.16 bits per heavy atom. The van der Waals surface area contributed by atoms with Crippen molar-refractivity contribution in [3.63, 3.8) is 0 Å². The highest BCUT2D eigenvalue weighted by Crippen LogP contribution is 2.13. The number of aryl methyl sites for hydroxylation is 1. The van der Waals surface area contributed by atoms with Crippen molar-refractivity contribution in [3.8, 4) is 0 Å². The Morgan fingerprint density at radius 3 is 2.68 bits per heavy atom. The van der Waals surface area contributed by atoms with E-state index in [0.717, 1.165) is 13.2 Å². The molecule has 8 heteroatoms. The number of aliphatic hydroxyl groups excluding tert-OH is 1. The smallest absolute Gasteiger partial charge is 0.336 e. The van der Waals surface area contributed by atoms with Crippen LogP contribution in [0.4, 0.5) is 4.39 Å². The maximum absolute atomic E-state index is 13.3. The van der Waals surface area contributed by atoms with E-state index >= 15 is 0 Å². The van der Waals surface area contributed by atoms with E-state index in [1.807, 2.05) is 4.72 Å². The van der Waals surface area contributed by atoms with E-state index in [1.54, 1.807) is 0 Å². The molecule has 2 N–H and O–H groups in total. The van der Waals surface area contributed by atoms with Crippen LogP contribution in [0.15, 0.2) is 23.1 Å². The first-order valence-electron chi connectivity index (χ1n) is 5.29. The van der Waals surface area contributed by atoms with Gasteiger partial charge in [-0.25, -0.2) is 22.3 Å². The Kier molecular flexibility index (Phi) is 4.98. The van der Waals surface area contributed by atoms with Crippen molar-refractivity contribution in [1.29, 1.82) is 0 Å². The summed E-state index contributed by atoms with van der Waals surface area (Å²) in [5.74, 6) is -1.62. The predicted octanol–water partition coefficient (Wildman–Crippen LogP) is -0.0537. The molecule has 0 aromatic heterocycles. The molecule has 0 aliphatic carbocycles. The van der Waals surface area contributed by atoms with Crippen molar-refractivity contribution < 1.29 is 27.4 Å². The normalized spacial score (nSPS) is 13.1. The number of esters is 1. The van der Waals surface area contributed by atoms with Gasteiger partial charge in [0.25, 0.3) is 0 Å². The SMILES string of the molecule is COC(=O)C(O)CNS(=O)(=O)c1ccc(C)c(F)c1. The van der Waals surface area contributed by atoms with Crippen molar-refractivity contribution in [2.24, 2.45) is 0 Å². The van der Waals surface area contributed by atoms with Gasteiger partial charge in [0.05, 0.1) is 12.0 Å². The summed E-state index contributed by atoms with van der Waals surface area (Å²) in [5.41, 5.74) is 0.313. The quantitative estimate of drug-likeness (QED) is 0.742. The van der Waals surface area contributed by atoms with Gasteiger partial charge >= 0.3 is 5.97 Å². The number of carbonyl (C=O) groups excluding carboxylic acids is 1. The first-order chi connectivity index (χ1) is 8.77. The van der Waals surface area contributed by atoms with Crippen LogP contribution in [-0.2, 0) is 19.6 Å². The first-order valence-corrected chi connectivity index (χ1v) is 6.78. The van der Waals surface area contributed by atoms with Crippen LogP contribution < -0.4 is 4.72 Å². The molecule has 0 saturated heterocycles. The van der Waals surface area contributed by atoms with Gasteiger partial charge < -0.3 is 9.84 Å². The van der Waals surface area contributed by atoms with E-state index < -0.39 is 34.5 Å². The highest BCUT2D eigenvalue weighted by molar-refractivity contribution is 7.89. The standard InChI is InChI=1S/C11H14FNO5S/c1-7-3-4-8(5-9(7)12)19(16,17)13-6-10(14)11(15)18-2/h3-5,10,13-14H,6H2,1-2H3. The highest BCUT2D eigenvalue weighted by atomic mass is 32.2. The van der Waals surface area contributed by atoms with Crippen LogP contribution in [0.2, 0.25) is 0 Å². The summed E-state index contributed by atoms with van der Waals surface area (Å²) < 4.78 is 43.0. The van der Waals surface area contributed by atoms with E-state index in [1.165, 1.54) is 19.1 Å².